The molecule has 0 unspecified atom stereocenters. The molecule has 0 atom stereocenters. The number of terminal acetylenes is 1. The molecule has 1 fully saturated rings. The van der Waals surface area contributed by atoms with E-state index in [4.69, 9.17) is 15.9 Å². The predicted molar refractivity (Wildman–Crippen MR) is 137 cm³/mol. The lowest BCUT2D eigenvalue weighted by Crippen LogP contribution is -2.36. The molecule has 0 bridgehead atoms. The number of nitrogens with zero attached hydrogens (tertiary/aromatic N) is 1. The zero-order chi connectivity index (χ0) is 24.7. The largest absolute Gasteiger partial charge is 0.490 e. The highest BCUT2D eigenvalue weighted by molar-refractivity contribution is 9.10. The number of hydrogen-bond donors (Lipinski definition) is 1. The average Bonchev–Trinajstić information content (AvgIpc) is 3.06. The quantitative estimate of drug-likeness (QED) is 0.350. The molecule has 34 heavy (non-hydrogen) atoms. The van der Waals surface area contributed by atoms with Crippen LogP contribution < -0.4 is 14.8 Å². The summed E-state index contributed by atoms with van der Waals surface area (Å²) in [6.45, 7) is 3.97. The molecule has 1 aliphatic heterocycles. The van der Waals surface area contributed by atoms with E-state index >= 15 is 0 Å². The van der Waals surface area contributed by atoms with Gasteiger partial charge in [-0.25, -0.2) is 0 Å². The van der Waals surface area contributed by atoms with Crippen LogP contribution in [0.15, 0.2) is 45.8 Å². The fourth-order valence-corrected chi connectivity index (χ4v) is 4.56. The summed E-state index contributed by atoms with van der Waals surface area (Å²) in [7, 11) is 0. The van der Waals surface area contributed by atoms with Crippen molar-refractivity contribution < 1.29 is 23.9 Å². The zero-order valence-corrected chi connectivity index (χ0v) is 21.1. The second-order valence-corrected chi connectivity index (χ2v) is 8.97. The zero-order valence-electron chi connectivity index (χ0n) is 18.7. The Morgan fingerprint density at radius 2 is 1.94 bits per heavy atom. The van der Waals surface area contributed by atoms with Crippen molar-refractivity contribution in [2.24, 2.45) is 0 Å². The number of rotatable bonds is 9. The number of carbonyl (C=O) groups excluding carboxylic acids is 3. The van der Waals surface area contributed by atoms with Crippen LogP contribution in [-0.4, -0.2) is 41.7 Å². The minimum Gasteiger partial charge on any atom is -0.490 e. The van der Waals surface area contributed by atoms with Gasteiger partial charge in [-0.2, -0.15) is 0 Å². The Kier molecular flexibility index (Phi) is 8.79. The van der Waals surface area contributed by atoms with Gasteiger partial charge in [-0.05, 0) is 82.5 Å². The molecular weight excluding hydrogens is 520 g/mol. The van der Waals surface area contributed by atoms with Gasteiger partial charge in [-0.1, -0.05) is 25.0 Å². The summed E-state index contributed by atoms with van der Waals surface area (Å²) in [5.74, 6) is 2.32. The molecule has 176 valence electrons. The standard InChI is InChI=1S/C25H23BrN2O5S/c1-4-11-33-23-19(26)12-17(13-20(23)32-6-3)14-21-24(30)28(25(31)34-21)15-22(29)27-18-9-7-16(5-2)8-10-18/h1,7-10,12-14H,5-6,11,15H2,2-3H3,(H,27,29)/b21-14-. The molecule has 3 rings (SSSR count). The normalized spacial score (nSPS) is 14.3. The molecule has 0 spiro atoms. The lowest BCUT2D eigenvalue weighted by atomic mass is 10.1. The number of benzene rings is 2. The van der Waals surface area contributed by atoms with Gasteiger partial charge in [-0.15, -0.1) is 6.42 Å². The van der Waals surface area contributed by atoms with Crippen LogP contribution in [0.5, 0.6) is 11.5 Å². The van der Waals surface area contributed by atoms with Crippen LogP contribution in [0.4, 0.5) is 10.5 Å². The van der Waals surface area contributed by atoms with Crippen molar-refractivity contribution in [1.29, 1.82) is 0 Å². The van der Waals surface area contributed by atoms with Crippen LogP contribution in [0.2, 0.25) is 0 Å². The van der Waals surface area contributed by atoms with Crippen molar-refractivity contribution in [1.82, 2.24) is 4.90 Å². The van der Waals surface area contributed by atoms with Crippen LogP contribution in [-0.2, 0) is 16.0 Å². The molecule has 0 aromatic heterocycles. The third kappa shape index (κ3) is 6.22. The van der Waals surface area contributed by atoms with Crippen LogP contribution in [0.1, 0.15) is 25.0 Å². The SMILES string of the molecule is C#CCOc1c(Br)cc(/C=C2\SC(=O)N(CC(=O)Nc3ccc(CC)cc3)C2=O)cc1OCC. The Morgan fingerprint density at radius 1 is 1.21 bits per heavy atom. The predicted octanol–water partition coefficient (Wildman–Crippen LogP) is 5.10. The van der Waals surface area contributed by atoms with Gasteiger partial charge in [0.2, 0.25) is 5.91 Å². The van der Waals surface area contributed by atoms with E-state index in [-0.39, 0.29) is 18.1 Å². The van der Waals surface area contributed by atoms with Crippen LogP contribution in [0, 0.1) is 12.3 Å². The average molecular weight is 543 g/mol. The van der Waals surface area contributed by atoms with Gasteiger partial charge in [0.25, 0.3) is 11.1 Å². The van der Waals surface area contributed by atoms with Gasteiger partial charge in [0, 0.05) is 5.69 Å². The molecule has 0 saturated carbocycles. The van der Waals surface area contributed by atoms with Gasteiger partial charge in [0.1, 0.15) is 13.2 Å². The molecule has 1 aliphatic rings. The second kappa shape index (κ2) is 11.8. The number of amides is 3. The van der Waals surface area contributed by atoms with Crippen molar-refractivity contribution in [3.63, 3.8) is 0 Å². The smallest absolute Gasteiger partial charge is 0.294 e. The summed E-state index contributed by atoms with van der Waals surface area (Å²) < 4.78 is 11.8. The van der Waals surface area contributed by atoms with Crippen LogP contribution in [0.25, 0.3) is 6.08 Å². The lowest BCUT2D eigenvalue weighted by molar-refractivity contribution is -0.127. The maximum Gasteiger partial charge on any atom is 0.294 e. The third-order valence-corrected chi connectivity index (χ3v) is 6.25. The second-order valence-electron chi connectivity index (χ2n) is 7.12. The number of nitrogens with one attached hydrogen (secondary N) is 1. The topological polar surface area (TPSA) is 84.9 Å². The first kappa shape index (κ1) is 25.4. The number of thioether (sulfide) groups is 1. The molecule has 1 N–H and O–H groups in total. The Labute approximate surface area is 211 Å². The molecule has 7 nitrogen and oxygen atoms in total. The van der Waals surface area contributed by atoms with Gasteiger partial charge in [-0.3, -0.25) is 19.3 Å². The number of imide groups is 1. The third-order valence-electron chi connectivity index (χ3n) is 4.75. The Morgan fingerprint density at radius 3 is 2.59 bits per heavy atom. The minimum absolute atomic E-state index is 0.0712. The Bertz CT molecular complexity index is 1170. The number of aryl methyl sites for hydroxylation is 1. The molecule has 3 amide bonds. The van der Waals surface area contributed by atoms with Crippen LogP contribution >= 0.6 is 27.7 Å². The highest BCUT2D eigenvalue weighted by Crippen LogP contribution is 2.39. The highest BCUT2D eigenvalue weighted by Gasteiger charge is 2.36. The lowest BCUT2D eigenvalue weighted by Gasteiger charge is -2.13. The van der Waals surface area contributed by atoms with E-state index in [2.05, 4.69) is 27.2 Å². The Hall–Kier alpha value is -3.22. The number of carbonyl (C=O) groups is 3. The molecule has 1 saturated heterocycles. The van der Waals surface area contributed by atoms with E-state index in [1.807, 2.05) is 26.0 Å². The molecule has 1 heterocycles. The van der Waals surface area contributed by atoms with E-state index in [9.17, 15) is 14.4 Å². The van der Waals surface area contributed by atoms with Gasteiger partial charge in [0.05, 0.1) is 16.0 Å². The van der Waals surface area contributed by atoms with E-state index in [1.165, 1.54) is 0 Å². The van der Waals surface area contributed by atoms with Crippen molar-refractivity contribution in [3.8, 4) is 23.8 Å². The molecule has 0 aliphatic carbocycles. The van der Waals surface area contributed by atoms with Gasteiger partial charge in [0.15, 0.2) is 11.5 Å². The fraction of sp³-hybridized carbons (Fsp3) is 0.240. The molecule has 0 radical (unpaired) electrons. The maximum absolute atomic E-state index is 12.8. The van der Waals surface area contributed by atoms with Crippen molar-refractivity contribution in [3.05, 3.63) is 56.9 Å². The maximum atomic E-state index is 12.8. The summed E-state index contributed by atoms with van der Waals surface area (Å²) in [6, 6.07) is 10.8. The molecule has 2 aromatic carbocycles. The first-order valence-electron chi connectivity index (χ1n) is 10.5. The summed E-state index contributed by atoms with van der Waals surface area (Å²) in [5.41, 5.74) is 2.36. The van der Waals surface area contributed by atoms with E-state index in [0.717, 1.165) is 28.6 Å². The number of ether oxygens (including phenoxy) is 2. The summed E-state index contributed by atoms with van der Waals surface area (Å²) in [4.78, 5) is 38.8. The van der Waals surface area contributed by atoms with Crippen molar-refractivity contribution in [2.75, 3.05) is 25.1 Å². The minimum atomic E-state index is -0.534. The summed E-state index contributed by atoms with van der Waals surface area (Å²) >= 11 is 4.21. The van der Waals surface area contributed by atoms with Crippen molar-refractivity contribution in [2.45, 2.75) is 20.3 Å². The summed E-state index contributed by atoms with van der Waals surface area (Å²) in [5, 5.41) is 2.20. The van der Waals surface area contributed by atoms with Gasteiger partial charge < -0.3 is 14.8 Å². The number of anilines is 1. The fourth-order valence-electron chi connectivity index (χ4n) is 3.14. The number of halogens is 1. The van der Waals surface area contributed by atoms with E-state index < -0.39 is 17.1 Å². The van der Waals surface area contributed by atoms with Crippen molar-refractivity contribution >= 4 is 56.5 Å². The van der Waals surface area contributed by atoms with Gasteiger partial charge >= 0.3 is 0 Å². The number of hydrogen-bond acceptors (Lipinski definition) is 6. The molecule has 9 heteroatoms. The van der Waals surface area contributed by atoms with Crippen LogP contribution in [0.3, 0.4) is 0 Å². The molecule has 2 aromatic rings. The first-order valence-corrected chi connectivity index (χ1v) is 12.1. The highest BCUT2D eigenvalue weighted by atomic mass is 79.9. The monoisotopic (exact) mass is 542 g/mol. The Balaban J connectivity index is 1.74. The first-order chi connectivity index (χ1) is 16.4. The van der Waals surface area contributed by atoms with E-state index in [0.29, 0.717) is 33.8 Å². The molecular formula is C25H23BrN2O5S. The van der Waals surface area contributed by atoms with E-state index in [1.54, 1.807) is 30.3 Å². The summed E-state index contributed by atoms with van der Waals surface area (Å²) in [6.07, 6.45) is 7.74.